The van der Waals surface area contributed by atoms with Crippen LogP contribution in [0.25, 0.3) is 0 Å². The molecule has 0 aliphatic heterocycles. The van der Waals surface area contributed by atoms with Crippen LogP contribution < -0.4 is 10.5 Å². The van der Waals surface area contributed by atoms with Crippen LogP contribution in [0.2, 0.25) is 0 Å². The number of aryl methyl sites for hydroxylation is 1. The molecule has 104 valence electrons. The predicted molar refractivity (Wildman–Crippen MR) is 77.9 cm³/mol. The minimum Gasteiger partial charge on any atom is -0.453 e. The largest absolute Gasteiger partial charge is 0.453 e. The summed E-state index contributed by atoms with van der Waals surface area (Å²) in [5, 5.41) is 11.7. The van der Waals surface area contributed by atoms with Crippen LogP contribution in [0.3, 0.4) is 0 Å². The molecule has 0 atom stereocenters. The van der Waals surface area contributed by atoms with Gasteiger partial charge in [-0.2, -0.15) is 0 Å². The van der Waals surface area contributed by atoms with E-state index in [9.17, 15) is 4.39 Å². The number of nitrogens with two attached hydrogens (primary N) is 1. The maximum atomic E-state index is 13.7. The fourth-order valence-electron chi connectivity index (χ4n) is 1.65. The van der Waals surface area contributed by atoms with Gasteiger partial charge < -0.3 is 15.7 Å². The molecule has 0 aliphatic rings. The molecule has 0 unspecified atom stereocenters. The summed E-state index contributed by atoms with van der Waals surface area (Å²) in [7, 11) is 0. The molecule has 2 aromatic rings. The highest BCUT2D eigenvalue weighted by Crippen LogP contribution is 2.30. The topological polar surface area (TPSA) is 67.8 Å². The van der Waals surface area contributed by atoms with E-state index in [0.717, 1.165) is 10.0 Å². The lowest BCUT2D eigenvalue weighted by atomic mass is 10.2. The van der Waals surface area contributed by atoms with Gasteiger partial charge in [-0.3, -0.25) is 0 Å². The number of halogens is 2. The molecule has 0 amide bonds. The molecule has 0 spiro atoms. The molecule has 20 heavy (non-hydrogen) atoms. The first kappa shape index (κ1) is 14.3. The first-order valence-electron chi connectivity index (χ1n) is 5.72. The van der Waals surface area contributed by atoms with E-state index in [2.05, 4.69) is 21.1 Å². The van der Waals surface area contributed by atoms with Gasteiger partial charge in [0.05, 0.1) is 5.56 Å². The van der Waals surface area contributed by atoms with E-state index in [0.29, 0.717) is 11.3 Å². The molecule has 0 saturated carbocycles. The fraction of sp³-hybridized carbons (Fsp3) is 0.0714. The molecule has 3 N–H and O–H groups in total. The maximum Gasteiger partial charge on any atom is 0.173 e. The Bertz CT molecular complexity index is 674. The second-order valence-corrected chi connectivity index (χ2v) is 5.08. The minimum atomic E-state index is -0.485. The summed E-state index contributed by atoms with van der Waals surface area (Å²) < 4.78 is 20.0. The first-order chi connectivity index (χ1) is 9.51. The van der Waals surface area contributed by atoms with E-state index in [4.69, 9.17) is 15.7 Å². The SMILES string of the molecule is Cc1ccc(F)c(Oc2cc(Br)ccc2/C(N)=N/O)c1. The Kier molecular flexibility index (Phi) is 4.24. The Morgan fingerprint density at radius 2 is 2.00 bits per heavy atom. The van der Waals surface area contributed by atoms with Crippen molar-refractivity contribution in [2.24, 2.45) is 10.9 Å². The lowest BCUT2D eigenvalue weighted by molar-refractivity contribution is 0.318. The number of hydrogen-bond acceptors (Lipinski definition) is 3. The van der Waals surface area contributed by atoms with Crippen LogP contribution in [0.1, 0.15) is 11.1 Å². The van der Waals surface area contributed by atoms with Gasteiger partial charge in [0.15, 0.2) is 17.4 Å². The zero-order valence-electron chi connectivity index (χ0n) is 10.6. The van der Waals surface area contributed by atoms with E-state index in [-0.39, 0.29) is 11.6 Å². The highest BCUT2D eigenvalue weighted by molar-refractivity contribution is 9.10. The Morgan fingerprint density at radius 1 is 1.25 bits per heavy atom. The summed E-state index contributed by atoms with van der Waals surface area (Å²) in [6.45, 7) is 1.83. The van der Waals surface area contributed by atoms with Crippen molar-refractivity contribution >= 4 is 21.8 Å². The summed E-state index contributed by atoms with van der Waals surface area (Å²) in [5.41, 5.74) is 6.81. The van der Waals surface area contributed by atoms with E-state index < -0.39 is 5.82 Å². The molecule has 4 nitrogen and oxygen atoms in total. The van der Waals surface area contributed by atoms with Gasteiger partial charge in [-0.05, 0) is 42.8 Å². The Balaban J connectivity index is 2.47. The molecule has 2 aromatic carbocycles. The molecule has 2 rings (SSSR count). The van der Waals surface area contributed by atoms with Gasteiger partial charge in [-0.1, -0.05) is 27.2 Å². The van der Waals surface area contributed by atoms with Crippen molar-refractivity contribution in [1.29, 1.82) is 0 Å². The second kappa shape index (κ2) is 5.92. The quantitative estimate of drug-likeness (QED) is 0.387. The van der Waals surface area contributed by atoms with Gasteiger partial charge in [0.1, 0.15) is 5.75 Å². The third-order valence-electron chi connectivity index (χ3n) is 2.63. The van der Waals surface area contributed by atoms with Crippen molar-refractivity contribution < 1.29 is 14.3 Å². The van der Waals surface area contributed by atoms with Crippen molar-refractivity contribution in [3.8, 4) is 11.5 Å². The number of oxime groups is 1. The summed E-state index contributed by atoms with van der Waals surface area (Å²) in [6, 6.07) is 9.50. The Labute approximate surface area is 123 Å². The molecule has 0 heterocycles. The number of hydrogen-bond donors (Lipinski definition) is 2. The van der Waals surface area contributed by atoms with Crippen molar-refractivity contribution in [3.63, 3.8) is 0 Å². The van der Waals surface area contributed by atoms with Crippen LogP contribution in [0.5, 0.6) is 11.5 Å². The molecule has 0 aliphatic carbocycles. The molecule has 0 bridgehead atoms. The zero-order chi connectivity index (χ0) is 14.7. The molecular formula is C14H12BrFN2O2. The van der Waals surface area contributed by atoms with E-state index in [1.165, 1.54) is 6.07 Å². The van der Waals surface area contributed by atoms with Gasteiger partial charge >= 0.3 is 0 Å². The normalized spacial score (nSPS) is 11.4. The number of benzene rings is 2. The van der Waals surface area contributed by atoms with Gasteiger partial charge in [0.25, 0.3) is 0 Å². The van der Waals surface area contributed by atoms with Crippen LogP contribution in [-0.2, 0) is 0 Å². The highest BCUT2D eigenvalue weighted by atomic mass is 79.9. The van der Waals surface area contributed by atoms with E-state index >= 15 is 0 Å². The van der Waals surface area contributed by atoms with Gasteiger partial charge in [0, 0.05) is 4.47 Å². The third kappa shape index (κ3) is 3.08. The lowest BCUT2D eigenvalue weighted by Crippen LogP contribution is -2.14. The number of amidine groups is 1. The number of ether oxygens (including phenoxy) is 1. The first-order valence-corrected chi connectivity index (χ1v) is 6.52. The molecular weight excluding hydrogens is 327 g/mol. The maximum absolute atomic E-state index is 13.7. The fourth-order valence-corrected chi connectivity index (χ4v) is 1.99. The molecule has 0 radical (unpaired) electrons. The summed E-state index contributed by atoms with van der Waals surface area (Å²) in [6.07, 6.45) is 0. The molecule has 0 aromatic heterocycles. The number of rotatable bonds is 3. The Morgan fingerprint density at radius 3 is 2.70 bits per heavy atom. The van der Waals surface area contributed by atoms with E-state index in [1.807, 2.05) is 6.92 Å². The molecule has 0 fully saturated rings. The summed E-state index contributed by atoms with van der Waals surface area (Å²) in [5.74, 6) is -0.226. The van der Waals surface area contributed by atoms with Crippen LogP contribution >= 0.6 is 15.9 Å². The average molecular weight is 339 g/mol. The van der Waals surface area contributed by atoms with Crippen molar-refractivity contribution in [1.82, 2.24) is 0 Å². The molecule has 6 heteroatoms. The van der Waals surface area contributed by atoms with Crippen LogP contribution in [0.15, 0.2) is 46.0 Å². The van der Waals surface area contributed by atoms with Crippen LogP contribution in [-0.4, -0.2) is 11.0 Å². The van der Waals surface area contributed by atoms with Gasteiger partial charge in [0.2, 0.25) is 0 Å². The van der Waals surface area contributed by atoms with Crippen LogP contribution in [0.4, 0.5) is 4.39 Å². The smallest absolute Gasteiger partial charge is 0.173 e. The monoisotopic (exact) mass is 338 g/mol. The summed E-state index contributed by atoms with van der Waals surface area (Å²) in [4.78, 5) is 0. The van der Waals surface area contributed by atoms with E-state index in [1.54, 1.807) is 30.3 Å². The standard InChI is InChI=1S/C14H12BrFN2O2/c1-8-2-5-11(16)13(6-8)20-12-7-9(15)3-4-10(12)14(17)18-19/h2-7,19H,1H3,(H2,17,18). The van der Waals surface area contributed by atoms with Crippen molar-refractivity contribution in [2.45, 2.75) is 6.92 Å². The lowest BCUT2D eigenvalue weighted by Gasteiger charge is -2.12. The van der Waals surface area contributed by atoms with Gasteiger partial charge in [-0.25, -0.2) is 4.39 Å². The number of nitrogens with zero attached hydrogens (tertiary/aromatic N) is 1. The van der Waals surface area contributed by atoms with Crippen molar-refractivity contribution in [3.05, 3.63) is 57.8 Å². The third-order valence-corrected chi connectivity index (χ3v) is 3.13. The predicted octanol–water partition coefficient (Wildman–Crippen LogP) is 3.78. The zero-order valence-corrected chi connectivity index (χ0v) is 12.2. The Hall–Kier alpha value is -2.08. The van der Waals surface area contributed by atoms with Crippen molar-refractivity contribution in [2.75, 3.05) is 0 Å². The summed E-state index contributed by atoms with van der Waals surface area (Å²) >= 11 is 3.30. The molecule has 0 saturated heterocycles. The van der Waals surface area contributed by atoms with Gasteiger partial charge in [-0.15, -0.1) is 0 Å². The second-order valence-electron chi connectivity index (χ2n) is 4.16. The van der Waals surface area contributed by atoms with Crippen LogP contribution in [0, 0.1) is 12.7 Å². The highest BCUT2D eigenvalue weighted by Gasteiger charge is 2.12. The average Bonchev–Trinajstić information content (AvgIpc) is 2.42. The minimum absolute atomic E-state index is 0.0788.